The number of halogens is 1. The molecular formula is C20H27ClN4O3. The smallest absolute Gasteiger partial charge is 0.240 e. The number of fused-ring (bicyclic) bond motifs is 1. The zero-order valence-electron chi connectivity index (χ0n) is 16.5. The summed E-state index contributed by atoms with van der Waals surface area (Å²) in [5.74, 6) is 2.76. The van der Waals surface area contributed by atoms with E-state index in [1.54, 1.807) is 0 Å². The van der Waals surface area contributed by atoms with Gasteiger partial charge in [0.2, 0.25) is 5.89 Å². The van der Waals surface area contributed by atoms with Crippen LogP contribution in [0, 0.1) is 0 Å². The maximum atomic E-state index is 6.44. The van der Waals surface area contributed by atoms with Crippen molar-refractivity contribution in [1.29, 1.82) is 0 Å². The Morgan fingerprint density at radius 2 is 1.93 bits per heavy atom. The first kappa shape index (κ1) is 19.5. The molecule has 0 radical (unpaired) electrons. The monoisotopic (exact) mass is 406 g/mol. The van der Waals surface area contributed by atoms with Crippen molar-refractivity contribution in [2.24, 2.45) is 0 Å². The lowest BCUT2D eigenvalue weighted by Crippen LogP contribution is -2.40. The maximum Gasteiger partial charge on any atom is 0.240 e. The van der Waals surface area contributed by atoms with Crippen molar-refractivity contribution in [2.75, 3.05) is 27.3 Å². The molecule has 2 heterocycles. The lowest BCUT2D eigenvalue weighted by molar-refractivity contribution is 0.282. The molecule has 1 fully saturated rings. The summed E-state index contributed by atoms with van der Waals surface area (Å²) in [4.78, 5) is 6.68. The van der Waals surface area contributed by atoms with E-state index in [-0.39, 0.29) is 5.54 Å². The average Bonchev–Trinajstić information content (AvgIpc) is 3.25. The van der Waals surface area contributed by atoms with Crippen molar-refractivity contribution < 1.29 is 14.0 Å². The van der Waals surface area contributed by atoms with E-state index in [9.17, 15) is 0 Å². The van der Waals surface area contributed by atoms with Gasteiger partial charge in [-0.3, -0.25) is 0 Å². The van der Waals surface area contributed by atoms with Gasteiger partial charge in [-0.25, -0.2) is 0 Å². The molecule has 1 saturated carbocycles. The van der Waals surface area contributed by atoms with E-state index in [1.807, 2.05) is 31.1 Å². The fourth-order valence-electron chi connectivity index (χ4n) is 3.90. The molecular weight excluding hydrogens is 380 g/mol. The van der Waals surface area contributed by atoms with Crippen LogP contribution in [0.1, 0.15) is 49.4 Å². The summed E-state index contributed by atoms with van der Waals surface area (Å²) in [5, 5.41) is 8.57. The molecule has 28 heavy (non-hydrogen) atoms. The topological polar surface area (TPSA) is 72.7 Å². The van der Waals surface area contributed by atoms with Crippen LogP contribution in [0.4, 0.5) is 0 Å². The molecule has 152 valence electrons. The second-order valence-corrected chi connectivity index (χ2v) is 8.25. The zero-order chi connectivity index (χ0) is 19.6. The minimum Gasteiger partial charge on any atom is -0.489 e. The normalized spacial score (nSPS) is 18.4. The molecule has 1 N–H and O–H groups in total. The van der Waals surface area contributed by atoms with Crippen LogP contribution in [0.15, 0.2) is 16.7 Å². The molecule has 1 aliphatic carbocycles. The lowest BCUT2D eigenvalue weighted by atomic mass is 9.96. The first-order chi connectivity index (χ1) is 13.6. The van der Waals surface area contributed by atoms with Crippen LogP contribution in [-0.2, 0) is 18.6 Å². The molecule has 0 saturated heterocycles. The van der Waals surface area contributed by atoms with Gasteiger partial charge in [0.25, 0.3) is 0 Å². The fraction of sp³-hybridized carbons (Fsp3) is 0.600. The van der Waals surface area contributed by atoms with Gasteiger partial charge in [0.1, 0.15) is 0 Å². The summed E-state index contributed by atoms with van der Waals surface area (Å²) in [5.41, 5.74) is 0.794. The third kappa shape index (κ3) is 4.11. The van der Waals surface area contributed by atoms with Crippen molar-refractivity contribution >= 4 is 11.6 Å². The fourth-order valence-corrected chi connectivity index (χ4v) is 4.19. The molecule has 0 unspecified atom stereocenters. The third-order valence-electron chi connectivity index (χ3n) is 5.30. The van der Waals surface area contributed by atoms with E-state index in [4.69, 9.17) is 25.6 Å². The van der Waals surface area contributed by atoms with Crippen molar-refractivity contribution in [3.63, 3.8) is 0 Å². The molecule has 1 aromatic carbocycles. The number of hydrogen-bond acceptors (Lipinski definition) is 7. The number of rotatable bonds is 6. The van der Waals surface area contributed by atoms with E-state index in [1.165, 1.54) is 0 Å². The Kier molecular flexibility index (Phi) is 5.75. The van der Waals surface area contributed by atoms with E-state index in [2.05, 4.69) is 15.5 Å². The summed E-state index contributed by atoms with van der Waals surface area (Å²) in [7, 11) is 3.97. The molecule has 0 amide bonds. The molecule has 2 aromatic rings. The van der Waals surface area contributed by atoms with Crippen LogP contribution in [0.25, 0.3) is 0 Å². The van der Waals surface area contributed by atoms with Crippen molar-refractivity contribution in [1.82, 2.24) is 20.4 Å². The van der Waals surface area contributed by atoms with Gasteiger partial charge in [-0.1, -0.05) is 29.6 Å². The largest absolute Gasteiger partial charge is 0.489 e. The molecule has 2 aliphatic rings. The van der Waals surface area contributed by atoms with Crippen LogP contribution in [0.3, 0.4) is 0 Å². The Hall–Kier alpha value is -1.83. The zero-order valence-corrected chi connectivity index (χ0v) is 17.2. The number of aromatic nitrogens is 2. The SMILES string of the molecule is CN(C)Cc1nc(C2(NCc3cc(Cl)c4c(c3)OCCCO4)CCCC2)no1. The van der Waals surface area contributed by atoms with Gasteiger partial charge in [0.05, 0.1) is 30.3 Å². The van der Waals surface area contributed by atoms with Crippen molar-refractivity contribution in [3.05, 3.63) is 34.4 Å². The quantitative estimate of drug-likeness (QED) is 0.786. The standard InChI is InChI=1S/C20H27ClN4O3/c1-25(2)13-17-23-19(24-28-17)20(6-3-4-7-20)22-12-14-10-15(21)18-16(11-14)26-8-5-9-27-18/h10-11,22H,3-9,12-13H2,1-2H3. The molecule has 0 atom stereocenters. The summed E-state index contributed by atoms with van der Waals surface area (Å²) < 4.78 is 17.0. The third-order valence-corrected chi connectivity index (χ3v) is 5.58. The highest BCUT2D eigenvalue weighted by Gasteiger charge is 2.39. The van der Waals surface area contributed by atoms with Crippen molar-refractivity contribution in [2.45, 2.75) is 50.7 Å². The van der Waals surface area contributed by atoms with Gasteiger partial charge in [-0.05, 0) is 44.6 Å². The predicted molar refractivity (Wildman–Crippen MR) is 106 cm³/mol. The second kappa shape index (κ2) is 8.27. The van der Waals surface area contributed by atoms with Crippen molar-refractivity contribution in [3.8, 4) is 11.5 Å². The lowest BCUT2D eigenvalue weighted by Gasteiger charge is -2.27. The maximum absolute atomic E-state index is 6.44. The molecule has 0 spiro atoms. The van der Waals surface area contributed by atoms with Gasteiger partial charge in [-0.2, -0.15) is 4.98 Å². The molecule has 1 aromatic heterocycles. The van der Waals surface area contributed by atoms with Gasteiger partial charge in [0.15, 0.2) is 17.3 Å². The number of benzene rings is 1. The van der Waals surface area contributed by atoms with Gasteiger partial charge in [-0.15, -0.1) is 0 Å². The average molecular weight is 407 g/mol. The molecule has 0 bridgehead atoms. The highest BCUT2D eigenvalue weighted by Crippen LogP contribution is 2.40. The Bertz CT molecular complexity index is 818. The highest BCUT2D eigenvalue weighted by molar-refractivity contribution is 6.32. The number of nitrogens with one attached hydrogen (secondary N) is 1. The van der Waals surface area contributed by atoms with Gasteiger partial charge in [0, 0.05) is 13.0 Å². The minimum atomic E-state index is -0.259. The van der Waals surface area contributed by atoms with Crippen LogP contribution in [-0.4, -0.2) is 42.3 Å². The number of nitrogens with zero attached hydrogens (tertiary/aromatic N) is 3. The van der Waals surface area contributed by atoms with Crippen LogP contribution in [0.2, 0.25) is 5.02 Å². The van der Waals surface area contributed by atoms with E-state index >= 15 is 0 Å². The Morgan fingerprint density at radius 1 is 1.14 bits per heavy atom. The van der Waals surface area contributed by atoms with Crippen LogP contribution >= 0.6 is 11.6 Å². The first-order valence-electron chi connectivity index (χ1n) is 9.87. The molecule has 8 heteroatoms. The first-order valence-corrected chi connectivity index (χ1v) is 10.2. The summed E-state index contributed by atoms with van der Waals surface area (Å²) in [6.45, 7) is 2.55. The van der Waals surface area contributed by atoms with E-state index in [0.717, 1.165) is 49.2 Å². The van der Waals surface area contributed by atoms with E-state index in [0.29, 0.717) is 43.0 Å². The van der Waals surface area contributed by atoms with Gasteiger partial charge >= 0.3 is 0 Å². The molecule has 7 nitrogen and oxygen atoms in total. The van der Waals surface area contributed by atoms with Crippen LogP contribution in [0.5, 0.6) is 11.5 Å². The Balaban J connectivity index is 1.52. The number of hydrogen-bond donors (Lipinski definition) is 1. The highest BCUT2D eigenvalue weighted by atomic mass is 35.5. The predicted octanol–water partition coefficient (Wildman–Crippen LogP) is 3.51. The molecule has 1 aliphatic heterocycles. The summed E-state index contributed by atoms with van der Waals surface area (Å²) >= 11 is 6.44. The summed E-state index contributed by atoms with van der Waals surface area (Å²) in [6, 6.07) is 3.95. The Morgan fingerprint density at radius 3 is 2.71 bits per heavy atom. The van der Waals surface area contributed by atoms with E-state index < -0.39 is 0 Å². The number of ether oxygens (including phenoxy) is 2. The Labute approximate surface area is 170 Å². The minimum absolute atomic E-state index is 0.259. The summed E-state index contributed by atoms with van der Waals surface area (Å²) in [6.07, 6.45) is 5.13. The second-order valence-electron chi connectivity index (χ2n) is 7.85. The molecule has 4 rings (SSSR count). The van der Waals surface area contributed by atoms with Gasteiger partial charge < -0.3 is 24.2 Å². The van der Waals surface area contributed by atoms with Crippen LogP contribution < -0.4 is 14.8 Å².